The van der Waals surface area contributed by atoms with Gasteiger partial charge in [0, 0.05) is 12.7 Å². The first kappa shape index (κ1) is 24.6. The molecule has 0 fully saturated rings. The van der Waals surface area contributed by atoms with E-state index in [0.717, 1.165) is 30.3 Å². The first-order valence-corrected chi connectivity index (χ1v) is 10.7. The van der Waals surface area contributed by atoms with E-state index in [9.17, 15) is 36.2 Å². The summed E-state index contributed by atoms with van der Waals surface area (Å²) in [7, 11) is -2.95. The maximum absolute atomic E-state index is 13.3. The van der Waals surface area contributed by atoms with E-state index in [2.05, 4.69) is 10.3 Å². The largest absolute Gasteiger partial charge is 0.860 e. The number of sulfone groups is 1. The summed E-state index contributed by atoms with van der Waals surface area (Å²) in [4.78, 5) is 3.25. The van der Waals surface area contributed by atoms with Crippen molar-refractivity contribution in [3.8, 4) is 0 Å². The molecule has 0 radical (unpaired) electrons. The Bertz CT molecular complexity index is 1100. The van der Waals surface area contributed by atoms with E-state index >= 15 is 0 Å². The highest BCUT2D eigenvalue weighted by Gasteiger charge is 2.35. The molecule has 170 valence electrons. The van der Waals surface area contributed by atoms with Gasteiger partial charge >= 0.3 is 6.18 Å². The van der Waals surface area contributed by atoms with E-state index in [-0.39, 0.29) is 22.6 Å². The topological polar surface area (TPSA) is 102 Å². The Morgan fingerprint density at radius 3 is 2.35 bits per heavy atom. The number of nitrogens with one attached hydrogen (secondary N) is 1. The lowest BCUT2D eigenvalue weighted by atomic mass is 10.0. The van der Waals surface area contributed by atoms with Crippen LogP contribution in [-0.2, 0) is 16.0 Å². The van der Waals surface area contributed by atoms with Crippen LogP contribution in [0.4, 0.5) is 28.9 Å². The molecule has 0 bridgehead atoms. The van der Waals surface area contributed by atoms with Crippen LogP contribution in [0.1, 0.15) is 24.5 Å². The first-order valence-electron chi connectivity index (χ1n) is 9.10. The van der Waals surface area contributed by atoms with Gasteiger partial charge in [0.15, 0.2) is 9.84 Å². The number of aryl methyl sites for hydroxylation is 1. The molecule has 2 aromatic carbocycles. The zero-order valence-electron chi connectivity index (χ0n) is 16.9. The molecule has 2 N–H and O–H groups in total. The van der Waals surface area contributed by atoms with Gasteiger partial charge in [0.2, 0.25) is 0 Å². The highest BCUT2D eigenvalue weighted by molar-refractivity contribution is 7.91. The second-order valence-corrected chi connectivity index (χ2v) is 8.91. The summed E-state index contributed by atoms with van der Waals surface area (Å²) in [5, 5.41) is 25.7. The molecule has 11 heteroatoms. The smallest absolute Gasteiger partial charge is 0.418 e. The number of halogens is 4. The zero-order chi connectivity index (χ0) is 23.6. The second kappa shape index (κ2) is 8.83. The van der Waals surface area contributed by atoms with Gasteiger partial charge in [-0.1, -0.05) is 6.92 Å². The van der Waals surface area contributed by atoms with Crippen molar-refractivity contribution in [3.05, 3.63) is 53.3 Å². The molecule has 1 atom stereocenters. The molecule has 6 nitrogen and oxygen atoms in total. The summed E-state index contributed by atoms with van der Waals surface area (Å²) >= 11 is 0. The quantitative estimate of drug-likeness (QED) is 0.285. The lowest BCUT2D eigenvalue weighted by Crippen LogP contribution is -2.50. The maximum atomic E-state index is 13.3. The van der Waals surface area contributed by atoms with Crippen LogP contribution in [0.25, 0.3) is 0 Å². The van der Waals surface area contributed by atoms with Crippen molar-refractivity contribution in [1.82, 2.24) is 0 Å². The predicted molar refractivity (Wildman–Crippen MR) is 107 cm³/mol. The summed E-state index contributed by atoms with van der Waals surface area (Å²) in [5.74, 6) is -3.02. The van der Waals surface area contributed by atoms with E-state index in [4.69, 9.17) is 0 Å². The van der Waals surface area contributed by atoms with Crippen molar-refractivity contribution < 1.29 is 36.2 Å². The molecule has 0 amide bonds. The average molecular weight is 461 g/mol. The van der Waals surface area contributed by atoms with Crippen LogP contribution in [0.5, 0.6) is 0 Å². The molecule has 0 aromatic heterocycles. The van der Waals surface area contributed by atoms with Crippen molar-refractivity contribution in [2.24, 2.45) is 4.99 Å². The fourth-order valence-electron chi connectivity index (χ4n) is 2.94. The SMILES string of the molecule is CCC(O)(CS(=O)(=O)c1ccc(F)cc1C)C([O-])=Nc1ccc(NC)c(C(F)(F)F)c1. The molecule has 2 aromatic rings. The molecule has 0 saturated carbocycles. The summed E-state index contributed by atoms with van der Waals surface area (Å²) in [6.45, 7) is 2.70. The fourth-order valence-corrected chi connectivity index (χ4v) is 4.88. The standard InChI is InChI=1S/C20H22F4N2O4S/c1-4-19(28,11-31(29,30)17-8-5-13(21)9-12(17)2)18(27)26-14-6-7-16(25-3)15(10-14)20(22,23)24/h5-10,25,28H,4,11H2,1-3H3,(H,26,27)/p-1. The Morgan fingerprint density at radius 1 is 1.19 bits per heavy atom. The summed E-state index contributed by atoms with van der Waals surface area (Å²) in [6.07, 6.45) is -5.09. The molecule has 0 aliphatic rings. The Labute approximate surface area is 177 Å². The Kier molecular flexibility index (Phi) is 7.01. The van der Waals surface area contributed by atoms with Gasteiger partial charge in [-0.3, -0.25) is 4.99 Å². The van der Waals surface area contributed by atoms with Gasteiger partial charge in [-0.25, -0.2) is 12.8 Å². The normalized spacial score (nSPS) is 14.9. The van der Waals surface area contributed by atoms with E-state index in [0.29, 0.717) is 6.07 Å². The molecular formula is C20H21F4N2O4S-. The van der Waals surface area contributed by atoms with Crippen LogP contribution < -0.4 is 10.4 Å². The summed E-state index contributed by atoms with van der Waals surface area (Å²) in [6, 6.07) is 5.76. The summed E-state index contributed by atoms with van der Waals surface area (Å²) < 4.78 is 78.4. The van der Waals surface area contributed by atoms with E-state index < -0.39 is 50.3 Å². The molecular weight excluding hydrogens is 440 g/mol. The molecule has 0 saturated heterocycles. The van der Waals surface area contributed by atoms with Crippen molar-refractivity contribution in [2.75, 3.05) is 18.1 Å². The number of rotatable bonds is 7. The van der Waals surface area contributed by atoms with Crippen LogP contribution in [0.2, 0.25) is 0 Å². The molecule has 0 spiro atoms. The van der Waals surface area contributed by atoms with Crippen LogP contribution >= 0.6 is 0 Å². The minimum Gasteiger partial charge on any atom is -0.860 e. The number of anilines is 1. The van der Waals surface area contributed by atoms with Gasteiger partial charge in [-0.2, -0.15) is 13.2 Å². The average Bonchev–Trinajstić information content (AvgIpc) is 2.66. The molecule has 0 aliphatic heterocycles. The zero-order valence-corrected chi connectivity index (χ0v) is 17.7. The van der Waals surface area contributed by atoms with Crippen molar-refractivity contribution in [2.45, 2.75) is 36.9 Å². The third kappa shape index (κ3) is 5.53. The number of nitrogens with zero attached hydrogens (tertiary/aromatic N) is 1. The van der Waals surface area contributed by atoms with E-state index in [1.54, 1.807) is 0 Å². The highest BCUT2D eigenvalue weighted by atomic mass is 32.2. The second-order valence-electron chi connectivity index (χ2n) is 6.95. The predicted octanol–water partition coefficient (Wildman–Crippen LogP) is 3.20. The van der Waals surface area contributed by atoms with Gasteiger partial charge in [-0.05, 0) is 61.2 Å². The van der Waals surface area contributed by atoms with Gasteiger partial charge in [0.05, 0.1) is 21.9 Å². The van der Waals surface area contributed by atoms with Crippen LogP contribution in [0.3, 0.4) is 0 Å². The summed E-state index contributed by atoms with van der Waals surface area (Å²) in [5.41, 5.74) is -4.10. The molecule has 1 unspecified atom stereocenters. The maximum Gasteiger partial charge on any atom is 0.418 e. The van der Waals surface area contributed by atoms with Crippen molar-refractivity contribution in [3.63, 3.8) is 0 Å². The molecule has 0 aliphatic carbocycles. The molecule has 2 rings (SSSR count). The number of benzene rings is 2. The number of hydrogen-bond donors (Lipinski definition) is 2. The van der Waals surface area contributed by atoms with Crippen LogP contribution in [0.15, 0.2) is 46.3 Å². The van der Waals surface area contributed by atoms with Gasteiger partial charge < -0.3 is 15.5 Å². The monoisotopic (exact) mass is 461 g/mol. The minimum absolute atomic E-state index is 0.0836. The van der Waals surface area contributed by atoms with E-state index in [1.165, 1.54) is 20.9 Å². The highest BCUT2D eigenvalue weighted by Crippen LogP contribution is 2.37. The Balaban J connectivity index is 2.45. The molecule has 0 heterocycles. The third-order valence-corrected chi connectivity index (χ3v) is 6.68. The number of hydrogen-bond acceptors (Lipinski definition) is 6. The lowest BCUT2D eigenvalue weighted by molar-refractivity contribution is -0.236. The number of aliphatic hydroxyl groups is 1. The minimum atomic E-state index is -4.72. The van der Waals surface area contributed by atoms with Gasteiger partial charge in [0.1, 0.15) is 11.4 Å². The van der Waals surface area contributed by atoms with Crippen LogP contribution in [-0.4, -0.2) is 37.8 Å². The van der Waals surface area contributed by atoms with Gasteiger partial charge in [0.25, 0.3) is 0 Å². The Morgan fingerprint density at radius 2 is 1.84 bits per heavy atom. The van der Waals surface area contributed by atoms with Crippen molar-refractivity contribution >= 4 is 27.1 Å². The van der Waals surface area contributed by atoms with Crippen molar-refractivity contribution in [1.29, 1.82) is 0 Å². The third-order valence-electron chi connectivity index (χ3n) is 4.69. The first-order chi connectivity index (χ1) is 14.2. The van der Waals surface area contributed by atoms with Crippen LogP contribution in [0, 0.1) is 12.7 Å². The number of alkyl halides is 3. The Hall–Kier alpha value is -2.66. The fraction of sp³-hybridized carbons (Fsp3) is 0.350. The van der Waals surface area contributed by atoms with E-state index in [1.807, 2.05) is 0 Å². The molecule has 31 heavy (non-hydrogen) atoms. The number of aliphatic imine (C=N–C) groups is 1. The lowest BCUT2D eigenvalue weighted by Gasteiger charge is -2.32. The van der Waals surface area contributed by atoms with Gasteiger partial charge in [-0.15, -0.1) is 0 Å².